The molecular formula is C49H31NO. The van der Waals surface area contributed by atoms with E-state index in [0.29, 0.717) is 0 Å². The Morgan fingerprint density at radius 1 is 0.373 bits per heavy atom. The molecule has 238 valence electrons. The second kappa shape index (κ2) is 10.7. The number of furan rings is 1. The fourth-order valence-corrected chi connectivity index (χ4v) is 9.10. The summed E-state index contributed by atoms with van der Waals surface area (Å²) in [5.41, 5.74) is 17.5. The van der Waals surface area contributed by atoms with Gasteiger partial charge < -0.3 is 9.32 Å². The first-order valence-corrected chi connectivity index (χ1v) is 17.6. The van der Waals surface area contributed by atoms with Gasteiger partial charge in [0.25, 0.3) is 0 Å². The summed E-state index contributed by atoms with van der Waals surface area (Å²) < 4.78 is 6.47. The van der Waals surface area contributed by atoms with Crippen LogP contribution < -0.4 is 4.90 Å². The van der Waals surface area contributed by atoms with Crippen LogP contribution in [-0.4, -0.2) is 0 Å². The fourth-order valence-electron chi connectivity index (χ4n) is 9.10. The molecule has 1 aromatic heterocycles. The van der Waals surface area contributed by atoms with Crippen LogP contribution in [0.3, 0.4) is 0 Å². The largest absolute Gasteiger partial charge is 0.456 e. The number of rotatable bonds is 4. The van der Waals surface area contributed by atoms with Crippen molar-refractivity contribution in [2.45, 2.75) is 5.41 Å². The van der Waals surface area contributed by atoms with Crippen LogP contribution in [0.2, 0.25) is 0 Å². The summed E-state index contributed by atoms with van der Waals surface area (Å²) in [4.78, 5) is 2.45. The van der Waals surface area contributed by atoms with Gasteiger partial charge in [0.2, 0.25) is 0 Å². The summed E-state index contributed by atoms with van der Waals surface area (Å²) in [6.45, 7) is 0. The molecule has 8 aromatic carbocycles. The van der Waals surface area contributed by atoms with Crippen LogP contribution >= 0.6 is 0 Å². The van der Waals surface area contributed by atoms with Gasteiger partial charge in [-0.3, -0.25) is 0 Å². The lowest BCUT2D eigenvalue weighted by molar-refractivity contribution is 0.669. The number of benzene rings is 8. The van der Waals surface area contributed by atoms with E-state index in [1.165, 1.54) is 50.1 Å². The van der Waals surface area contributed by atoms with Crippen molar-refractivity contribution in [2.75, 3.05) is 4.90 Å². The predicted octanol–water partition coefficient (Wildman–Crippen LogP) is 13.1. The molecule has 1 heterocycles. The molecule has 0 saturated carbocycles. The molecule has 0 radical (unpaired) electrons. The number of hydrogen-bond donors (Lipinski definition) is 0. The first-order chi connectivity index (χ1) is 25.3. The SMILES string of the molecule is c1ccc(-c2ccccc2N(c2ccc3c(c2)C2(c4ccccc4-c4ccccc42)c2ccccc2-3)c2cccc3oc4ccccc4c23)cc1. The van der Waals surface area contributed by atoms with Gasteiger partial charge in [0.05, 0.1) is 22.2 Å². The standard InChI is InChI=1S/C49H31NO/c1-2-15-32(16-3-1)34-17-7-12-25-44(34)50(45-26-14-28-47-48(45)39-21-8-13-27-46(39)51-47)33-29-30-38-37-20-6-11-24-42(37)49(43(38)31-33)40-22-9-4-18-35(40)36-19-5-10-23-41(36)49/h1-31H. The summed E-state index contributed by atoms with van der Waals surface area (Å²) >= 11 is 0. The Kier molecular flexibility index (Phi) is 5.91. The zero-order valence-electron chi connectivity index (χ0n) is 27.8. The number of para-hydroxylation sites is 2. The highest BCUT2D eigenvalue weighted by molar-refractivity contribution is 6.14. The van der Waals surface area contributed by atoms with Gasteiger partial charge in [-0.25, -0.2) is 0 Å². The molecule has 11 rings (SSSR count). The van der Waals surface area contributed by atoms with Gasteiger partial charge in [0.15, 0.2) is 0 Å². The first kappa shape index (κ1) is 28.2. The highest BCUT2D eigenvalue weighted by Gasteiger charge is 2.51. The van der Waals surface area contributed by atoms with E-state index in [2.05, 4.69) is 187 Å². The lowest BCUT2D eigenvalue weighted by Gasteiger charge is -2.33. The van der Waals surface area contributed by atoms with E-state index in [1.54, 1.807) is 0 Å². The van der Waals surface area contributed by atoms with E-state index in [9.17, 15) is 0 Å². The smallest absolute Gasteiger partial charge is 0.137 e. The molecule has 0 unspecified atom stereocenters. The number of anilines is 3. The summed E-state index contributed by atoms with van der Waals surface area (Å²) in [7, 11) is 0. The Labute approximate surface area is 296 Å². The molecule has 0 bridgehead atoms. The summed E-state index contributed by atoms with van der Waals surface area (Å²) in [5, 5.41) is 2.21. The van der Waals surface area contributed by atoms with E-state index >= 15 is 0 Å². The number of hydrogen-bond acceptors (Lipinski definition) is 2. The van der Waals surface area contributed by atoms with Gasteiger partial charge >= 0.3 is 0 Å². The summed E-state index contributed by atoms with van der Waals surface area (Å²) in [6, 6.07) is 68.5. The first-order valence-electron chi connectivity index (χ1n) is 17.6. The van der Waals surface area contributed by atoms with Crippen molar-refractivity contribution >= 4 is 39.0 Å². The molecule has 0 saturated heterocycles. The molecule has 0 aliphatic heterocycles. The normalized spacial score (nSPS) is 13.3. The topological polar surface area (TPSA) is 16.4 Å². The van der Waals surface area contributed by atoms with Crippen LogP contribution in [0.1, 0.15) is 22.3 Å². The second-order valence-corrected chi connectivity index (χ2v) is 13.6. The molecular weight excluding hydrogens is 619 g/mol. The van der Waals surface area contributed by atoms with Gasteiger partial charge in [-0.15, -0.1) is 0 Å². The molecule has 2 aliphatic rings. The van der Waals surface area contributed by atoms with Crippen LogP contribution in [0.4, 0.5) is 17.1 Å². The molecule has 0 atom stereocenters. The van der Waals surface area contributed by atoms with Crippen molar-refractivity contribution in [3.8, 4) is 33.4 Å². The van der Waals surface area contributed by atoms with Crippen molar-refractivity contribution in [3.05, 3.63) is 210 Å². The van der Waals surface area contributed by atoms with Crippen molar-refractivity contribution in [1.82, 2.24) is 0 Å². The van der Waals surface area contributed by atoms with Crippen LogP contribution in [-0.2, 0) is 5.41 Å². The lowest BCUT2D eigenvalue weighted by Crippen LogP contribution is -2.26. The second-order valence-electron chi connectivity index (χ2n) is 13.6. The van der Waals surface area contributed by atoms with Gasteiger partial charge in [-0.1, -0.05) is 152 Å². The van der Waals surface area contributed by atoms with Gasteiger partial charge in [-0.05, 0) is 86.5 Å². The third-order valence-corrected chi connectivity index (χ3v) is 11.1. The van der Waals surface area contributed by atoms with Crippen molar-refractivity contribution in [3.63, 3.8) is 0 Å². The molecule has 2 heteroatoms. The van der Waals surface area contributed by atoms with Gasteiger partial charge in [0, 0.05) is 16.6 Å². The number of nitrogens with zero attached hydrogens (tertiary/aromatic N) is 1. The van der Waals surface area contributed by atoms with Crippen LogP contribution in [0, 0.1) is 0 Å². The third kappa shape index (κ3) is 3.82. The maximum Gasteiger partial charge on any atom is 0.137 e. The zero-order chi connectivity index (χ0) is 33.5. The van der Waals surface area contributed by atoms with E-state index in [0.717, 1.165) is 44.6 Å². The Hall–Kier alpha value is -6.64. The molecule has 9 aromatic rings. The van der Waals surface area contributed by atoms with Crippen molar-refractivity contribution in [2.24, 2.45) is 0 Å². The Morgan fingerprint density at radius 3 is 1.61 bits per heavy atom. The minimum Gasteiger partial charge on any atom is -0.456 e. The maximum atomic E-state index is 6.47. The highest BCUT2D eigenvalue weighted by Crippen LogP contribution is 2.63. The van der Waals surface area contributed by atoms with E-state index < -0.39 is 5.41 Å². The number of fused-ring (bicyclic) bond motifs is 13. The average Bonchev–Trinajstić information content (AvgIpc) is 3.83. The molecule has 1 spiro atoms. The minimum absolute atomic E-state index is 0.436. The van der Waals surface area contributed by atoms with Crippen LogP contribution in [0.25, 0.3) is 55.3 Å². The van der Waals surface area contributed by atoms with Crippen molar-refractivity contribution in [1.29, 1.82) is 0 Å². The van der Waals surface area contributed by atoms with E-state index in [-0.39, 0.29) is 0 Å². The monoisotopic (exact) mass is 649 g/mol. The average molecular weight is 650 g/mol. The fraction of sp³-hybridized carbons (Fsp3) is 0.0204. The lowest BCUT2D eigenvalue weighted by atomic mass is 9.70. The summed E-state index contributed by atoms with van der Waals surface area (Å²) in [5.74, 6) is 0. The Bertz CT molecular complexity index is 2760. The summed E-state index contributed by atoms with van der Waals surface area (Å²) in [6.07, 6.45) is 0. The van der Waals surface area contributed by atoms with Gasteiger partial charge in [0.1, 0.15) is 11.2 Å². The molecule has 2 aliphatic carbocycles. The molecule has 0 fully saturated rings. The minimum atomic E-state index is -0.436. The Morgan fingerprint density at radius 2 is 0.902 bits per heavy atom. The molecule has 0 amide bonds. The highest BCUT2D eigenvalue weighted by atomic mass is 16.3. The van der Waals surface area contributed by atoms with E-state index in [1.807, 2.05) is 6.07 Å². The maximum absolute atomic E-state index is 6.47. The molecule has 51 heavy (non-hydrogen) atoms. The quantitative estimate of drug-likeness (QED) is 0.189. The molecule has 0 N–H and O–H groups in total. The zero-order valence-corrected chi connectivity index (χ0v) is 27.8. The van der Waals surface area contributed by atoms with Crippen molar-refractivity contribution < 1.29 is 4.42 Å². The van der Waals surface area contributed by atoms with Crippen LogP contribution in [0.5, 0.6) is 0 Å². The Balaban J connectivity index is 1.25. The van der Waals surface area contributed by atoms with Gasteiger partial charge in [-0.2, -0.15) is 0 Å². The predicted molar refractivity (Wildman–Crippen MR) is 210 cm³/mol. The third-order valence-electron chi connectivity index (χ3n) is 11.1. The van der Waals surface area contributed by atoms with Crippen LogP contribution in [0.15, 0.2) is 192 Å². The van der Waals surface area contributed by atoms with E-state index in [4.69, 9.17) is 4.42 Å². The molecule has 2 nitrogen and oxygen atoms in total.